The number of aliphatic hydroxyl groups is 1. The maximum atomic E-state index is 13.1. The van der Waals surface area contributed by atoms with Crippen LogP contribution in [0.3, 0.4) is 0 Å². The third-order valence-corrected chi connectivity index (χ3v) is 18.4. The predicted octanol–water partition coefficient (Wildman–Crippen LogP) is 24.0. The normalized spacial score (nSPS) is 14.7. The molecule has 106 heavy (non-hydrogen) atoms. The Morgan fingerprint density at radius 3 is 0.811 bits per heavy atom. The second-order valence-corrected chi connectivity index (χ2v) is 29.5. The molecule has 0 bridgehead atoms. The van der Waals surface area contributed by atoms with Crippen LogP contribution >= 0.6 is 15.6 Å². The minimum Gasteiger partial charge on any atom is -0.462 e. The Morgan fingerprint density at radius 1 is 0.274 bits per heavy atom. The van der Waals surface area contributed by atoms with Crippen LogP contribution in [0.15, 0.2) is 158 Å². The van der Waals surface area contributed by atoms with E-state index in [-0.39, 0.29) is 25.7 Å². The van der Waals surface area contributed by atoms with Crippen molar-refractivity contribution in [3.8, 4) is 0 Å². The quantitative estimate of drug-likeness (QED) is 0.0169. The van der Waals surface area contributed by atoms with Gasteiger partial charge in [-0.1, -0.05) is 308 Å². The highest BCUT2D eigenvalue weighted by Gasteiger charge is 2.30. The Morgan fingerprint density at radius 2 is 0.509 bits per heavy atom. The van der Waals surface area contributed by atoms with Gasteiger partial charge in [-0.25, -0.2) is 9.13 Å². The Balaban J connectivity index is 5.46. The molecule has 0 aliphatic heterocycles. The fourth-order valence-electron chi connectivity index (χ4n) is 10.4. The molecule has 0 aromatic carbocycles. The monoisotopic (exact) mass is 1520 g/mol. The first kappa shape index (κ1) is 101. The second-order valence-electron chi connectivity index (χ2n) is 26.6. The molecule has 604 valence electrons. The van der Waals surface area contributed by atoms with Crippen LogP contribution in [0, 0.1) is 0 Å². The maximum Gasteiger partial charge on any atom is 0.472 e. The molecule has 5 unspecified atom stereocenters. The van der Waals surface area contributed by atoms with Gasteiger partial charge in [0, 0.05) is 25.7 Å². The third kappa shape index (κ3) is 76.9. The van der Waals surface area contributed by atoms with Crippen molar-refractivity contribution in [2.45, 2.75) is 329 Å². The van der Waals surface area contributed by atoms with E-state index in [0.717, 1.165) is 173 Å². The van der Waals surface area contributed by atoms with Crippen LogP contribution in [0.5, 0.6) is 0 Å². The lowest BCUT2D eigenvalue weighted by Gasteiger charge is -2.21. The summed E-state index contributed by atoms with van der Waals surface area (Å²) in [4.78, 5) is 73.1. The number of carbonyl (C=O) groups is 4. The van der Waals surface area contributed by atoms with Crippen LogP contribution in [-0.4, -0.2) is 96.7 Å². The van der Waals surface area contributed by atoms with Gasteiger partial charge < -0.3 is 33.8 Å². The summed E-state index contributed by atoms with van der Waals surface area (Å²) in [6, 6.07) is 0. The molecular formula is C87H144O17P2. The number of rotatable bonds is 75. The van der Waals surface area contributed by atoms with Crippen molar-refractivity contribution in [1.29, 1.82) is 0 Å². The summed E-state index contributed by atoms with van der Waals surface area (Å²) >= 11 is 0. The summed E-state index contributed by atoms with van der Waals surface area (Å²) in [6.45, 7) is 4.43. The molecule has 0 aliphatic carbocycles. The fourth-order valence-corrected chi connectivity index (χ4v) is 12.0. The van der Waals surface area contributed by atoms with Gasteiger partial charge in [-0.2, -0.15) is 0 Å². The molecule has 0 aliphatic rings. The van der Waals surface area contributed by atoms with Crippen molar-refractivity contribution in [3.05, 3.63) is 158 Å². The predicted molar refractivity (Wildman–Crippen MR) is 436 cm³/mol. The van der Waals surface area contributed by atoms with E-state index in [9.17, 15) is 43.2 Å². The van der Waals surface area contributed by atoms with Crippen molar-refractivity contribution < 1.29 is 80.2 Å². The van der Waals surface area contributed by atoms with E-state index in [4.69, 9.17) is 37.0 Å². The Hall–Kier alpha value is -5.32. The molecule has 19 heteroatoms. The summed E-state index contributed by atoms with van der Waals surface area (Å²) < 4.78 is 68.6. The standard InChI is InChI=1S/C87H144O17P2/c1-5-9-13-17-21-25-29-33-36-39-40-43-45-49-52-56-60-64-68-72-85(90)98-78-83(104-87(92)74-70-66-62-58-54-50-46-42-38-35-31-27-23-19-15-11-7-3)80-102-106(95,96)100-76-81(88)75-99-105(93,94)101-79-82(103-86(91)73-69-65-61-57-53-47-32-28-24-20-16-12-8-4)77-97-84(89)71-67-63-59-55-51-48-44-41-37-34-30-26-22-18-14-10-6-2/h9-11,13-15,21-23,25-27,33-38,40,43-44,48-49,52,60,64,81-83,88H,5-8,12,16-20,24,28-32,39,41-42,45-47,50-51,53-59,61-63,65-80H2,1-4H3,(H,93,94)(H,95,96)/b13-9-,14-10-,15-11-,25-21-,26-22-,27-23-,36-33-,37-34-,38-35-,43-40-,48-44-,52-49-,64-60-. The summed E-state index contributed by atoms with van der Waals surface area (Å²) in [6.07, 6.45) is 90.9. The number of allylic oxidation sites excluding steroid dienone is 26. The molecule has 0 aromatic rings. The van der Waals surface area contributed by atoms with Crippen molar-refractivity contribution in [3.63, 3.8) is 0 Å². The van der Waals surface area contributed by atoms with E-state index >= 15 is 0 Å². The SMILES string of the molecule is CC/C=C\C/C=C\C/C=C\C/C=C\C/C=C\C/C=C\CCC(=O)OCC(COP(=O)(O)OCC(O)COP(=O)(O)OCC(COC(=O)CCCCCC/C=C\C/C=C\C/C=C\C/C=C\CC)OC(=O)CCCCCCCCCCCCCCC)OC(=O)CCCCCCCCC/C=C\C/C=C\C/C=C\CC. The first-order chi connectivity index (χ1) is 51.7. The number of hydrogen-bond donors (Lipinski definition) is 3. The van der Waals surface area contributed by atoms with Gasteiger partial charge >= 0.3 is 39.5 Å². The average molecular weight is 1520 g/mol. The molecule has 17 nitrogen and oxygen atoms in total. The highest BCUT2D eigenvalue weighted by Crippen LogP contribution is 2.45. The molecular weight excluding hydrogens is 1380 g/mol. The van der Waals surface area contributed by atoms with Crippen LogP contribution in [0.4, 0.5) is 0 Å². The van der Waals surface area contributed by atoms with E-state index in [0.29, 0.717) is 32.1 Å². The molecule has 0 heterocycles. The smallest absolute Gasteiger partial charge is 0.462 e. The van der Waals surface area contributed by atoms with Crippen molar-refractivity contribution in [2.75, 3.05) is 39.6 Å². The Labute approximate surface area is 642 Å². The lowest BCUT2D eigenvalue weighted by molar-refractivity contribution is -0.161. The molecule has 0 saturated carbocycles. The average Bonchev–Trinajstić information content (AvgIpc) is 0.907. The van der Waals surface area contributed by atoms with E-state index in [1.54, 1.807) is 0 Å². The number of unbranched alkanes of at least 4 members (excludes halogenated alkanes) is 23. The number of phosphoric ester groups is 2. The number of esters is 4. The zero-order chi connectivity index (χ0) is 77.4. The molecule has 3 N–H and O–H groups in total. The van der Waals surface area contributed by atoms with E-state index in [1.165, 1.54) is 51.4 Å². The maximum absolute atomic E-state index is 13.1. The Kier molecular flexibility index (Phi) is 73.9. The van der Waals surface area contributed by atoms with Gasteiger partial charge in [0.05, 0.1) is 26.4 Å². The topological polar surface area (TPSA) is 237 Å². The number of ether oxygens (including phenoxy) is 4. The van der Waals surface area contributed by atoms with Gasteiger partial charge in [-0.05, 0) is 135 Å². The lowest BCUT2D eigenvalue weighted by Crippen LogP contribution is -2.30. The van der Waals surface area contributed by atoms with Gasteiger partial charge in [-0.3, -0.25) is 37.3 Å². The molecule has 0 radical (unpaired) electrons. The summed E-state index contributed by atoms with van der Waals surface area (Å²) in [5.41, 5.74) is 0. The molecule has 0 aromatic heterocycles. The van der Waals surface area contributed by atoms with E-state index < -0.39 is 97.5 Å². The number of aliphatic hydroxyl groups excluding tert-OH is 1. The minimum atomic E-state index is -5.00. The van der Waals surface area contributed by atoms with Crippen LogP contribution in [0.2, 0.25) is 0 Å². The molecule has 0 amide bonds. The molecule has 0 saturated heterocycles. The zero-order valence-electron chi connectivity index (χ0n) is 66.1. The molecule has 0 fully saturated rings. The number of phosphoric acid groups is 2. The molecule has 0 spiro atoms. The largest absolute Gasteiger partial charge is 0.472 e. The van der Waals surface area contributed by atoms with Crippen LogP contribution in [-0.2, 0) is 65.4 Å². The number of carbonyl (C=O) groups excluding carboxylic acids is 4. The van der Waals surface area contributed by atoms with E-state index in [1.807, 2.05) is 18.2 Å². The van der Waals surface area contributed by atoms with Crippen LogP contribution in [0.25, 0.3) is 0 Å². The highest BCUT2D eigenvalue weighted by molar-refractivity contribution is 7.47. The van der Waals surface area contributed by atoms with Crippen molar-refractivity contribution >= 4 is 39.5 Å². The fraction of sp³-hybridized carbons (Fsp3) is 0.655. The van der Waals surface area contributed by atoms with Crippen LogP contribution < -0.4 is 0 Å². The van der Waals surface area contributed by atoms with Gasteiger partial charge in [0.15, 0.2) is 12.2 Å². The van der Waals surface area contributed by atoms with Gasteiger partial charge in [0.25, 0.3) is 0 Å². The van der Waals surface area contributed by atoms with Crippen molar-refractivity contribution in [1.82, 2.24) is 0 Å². The molecule has 0 rings (SSSR count). The zero-order valence-corrected chi connectivity index (χ0v) is 67.8. The van der Waals surface area contributed by atoms with Crippen molar-refractivity contribution in [2.24, 2.45) is 0 Å². The first-order valence-electron chi connectivity index (χ1n) is 40.7. The summed E-state index contributed by atoms with van der Waals surface area (Å²) in [7, 11) is -10.00. The van der Waals surface area contributed by atoms with Gasteiger partial charge in [0.1, 0.15) is 19.3 Å². The summed E-state index contributed by atoms with van der Waals surface area (Å²) in [5.74, 6) is -2.31. The van der Waals surface area contributed by atoms with E-state index in [2.05, 4.69) is 167 Å². The third-order valence-electron chi connectivity index (χ3n) is 16.5. The first-order valence-corrected chi connectivity index (χ1v) is 43.7. The van der Waals surface area contributed by atoms with Crippen LogP contribution in [0.1, 0.15) is 310 Å². The van der Waals surface area contributed by atoms with Gasteiger partial charge in [0.2, 0.25) is 0 Å². The summed E-state index contributed by atoms with van der Waals surface area (Å²) in [5, 5.41) is 10.7. The highest BCUT2D eigenvalue weighted by atomic mass is 31.2. The minimum absolute atomic E-state index is 0.0292. The Bertz CT molecular complexity index is 2630. The second kappa shape index (κ2) is 77.8. The van der Waals surface area contributed by atoms with Gasteiger partial charge in [-0.15, -0.1) is 0 Å². The molecule has 5 atom stereocenters. The lowest BCUT2D eigenvalue weighted by atomic mass is 10.0. The number of hydrogen-bond acceptors (Lipinski definition) is 15.